The second-order valence-electron chi connectivity index (χ2n) is 4.84. The van der Waals surface area contributed by atoms with Crippen LogP contribution in [-0.2, 0) is 6.54 Å². The molecule has 100 valence electrons. The number of hydrogen-bond acceptors (Lipinski definition) is 4. The van der Waals surface area contributed by atoms with Gasteiger partial charge in [0.1, 0.15) is 0 Å². The van der Waals surface area contributed by atoms with Crippen LogP contribution in [0.25, 0.3) is 0 Å². The molecule has 0 atom stereocenters. The summed E-state index contributed by atoms with van der Waals surface area (Å²) in [5.41, 5.74) is 6.80. The van der Waals surface area contributed by atoms with Gasteiger partial charge in [0.15, 0.2) is 0 Å². The van der Waals surface area contributed by atoms with Crippen molar-refractivity contribution in [2.24, 2.45) is 5.73 Å². The molecule has 0 aromatic heterocycles. The number of thioether (sulfide) groups is 1. The van der Waals surface area contributed by atoms with Gasteiger partial charge >= 0.3 is 0 Å². The summed E-state index contributed by atoms with van der Waals surface area (Å²) in [6.45, 7) is 6.65. The van der Waals surface area contributed by atoms with Crippen molar-refractivity contribution in [3.63, 3.8) is 0 Å². The number of likely N-dealkylation sites (N-methyl/N-ethyl adjacent to an activating group) is 1. The Morgan fingerprint density at radius 3 is 2.39 bits per heavy atom. The van der Waals surface area contributed by atoms with Crippen molar-refractivity contribution < 1.29 is 0 Å². The number of rotatable bonds is 5. The van der Waals surface area contributed by atoms with Gasteiger partial charge in [-0.25, -0.2) is 0 Å². The van der Waals surface area contributed by atoms with Gasteiger partial charge in [0.05, 0.1) is 0 Å². The molecule has 1 aromatic rings. The van der Waals surface area contributed by atoms with Gasteiger partial charge in [-0.2, -0.15) is 0 Å². The Hall–Kier alpha value is -0.550. The Balaban J connectivity index is 1.68. The van der Waals surface area contributed by atoms with E-state index in [1.54, 1.807) is 0 Å². The zero-order valence-electron chi connectivity index (χ0n) is 11.1. The van der Waals surface area contributed by atoms with Crippen molar-refractivity contribution in [3.05, 3.63) is 29.8 Å². The van der Waals surface area contributed by atoms with Crippen LogP contribution in [-0.4, -0.2) is 55.3 Å². The van der Waals surface area contributed by atoms with Gasteiger partial charge < -0.3 is 10.6 Å². The van der Waals surface area contributed by atoms with Crippen LogP contribution in [0.15, 0.2) is 29.2 Å². The molecule has 4 heteroatoms. The fourth-order valence-electron chi connectivity index (χ4n) is 2.09. The highest BCUT2D eigenvalue weighted by molar-refractivity contribution is 7.99. The molecule has 0 saturated carbocycles. The molecule has 0 radical (unpaired) electrons. The zero-order valence-corrected chi connectivity index (χ0v) is 12.0. The van der Waals surface area contributed by atoms with Crippen LogP contribution < -0.4 is 5.73 Å². The molecule has 0 aliphatic carbocycles. The number of nitrogens with zero attached hydrogens (tertiary/aromatic N) is 2. The Labute approximate surface area is 114 Å². The minimum atomic E-state index is 0.631. The number of nitrogens with two attached hydrogens (primary N) is 1. The highest BCUT2D eigenvalue weighted by Gasteiger charge is 2.12. The number of benzene rings is 1. The van der Waals surface area contributed by atoms with Gasteiger partial charge in [-0.15, -0.1) is 11.8 Å². The molecule has 1 aromatic carbocycles. The monoisotopic (exact) mass is 265 g/mol. The summed E-state index contributed by atoms with van der Waals surface area (Å²) < 4.78 is 0. The Bertz CT molecular complexity index is 345. The van der Waals surface area contributed by atoms with Gasteiger partial charge in [-0.05, 0) is 24.7 Å². The first-order valence-electron chi connectivity index (χ1n) is 6.60. The molecular formula is C14H23N3S. The first-order valence-corrected chi connectivity index (χ1v) is 7.59. The maximum atomic E-state index is 5.59. The first kappa shape index (κ1) is 13.9. The second kappa shape index (κ2) is 7.14. The summed E-state index contributed by atoms with van der Waals surface area (Å²) in [5.74, 6) is 1.17. The van der Waals surface area contributed by atoms with Crippen LogP contribution in [0.1, 0.15) is 5.56 Å². The van der Waals surface area contributed by atoms with Crippen molar-refractivity contribution in [3.8, 4) is 0 Å². The molecule has 2 N–H and O–H groups in total. The largest absolute Gasteiger partial charge is 0.326 e. The molecule has 18 heavy (non-hydrogen) atoms. The zero-order chi connectivity index (χ0) is 12.8. The van der Waals surface area contributed by atoms with E-state index in [4.69, 9.17) is 5.73 Å². The van der Waals surface area contributed by atoms with Crippen LogP contribution in [0, 0.1) is 0 Å². The predicted molar refractivity (Wildman–Crippen MR) is 79.0 cm³/mol. The van der Waals surface area contributed by atoms with E-state index in [0.717, 1.165) is 0 Å². The Kier molecular flexibility index (Phi) is 5.50. The third-order valence-electron chi connectivity index (χ3n) is 3.43. The Morgan fingerprint density at radius 1 is 1.11 bits per heavy atom. The molecular weight excluding hydrogens is 242 g/mol. The lowest BCUT2D eigenvalue weighted by Gasteiger charge is -2.32. The first-order chi connectivity index (χ1) is 8.78. The molecule has 1 aliphatic heterocycles. The average Bonchev–Trinajstić information content (AvgIpc) is 2.42. The van der Waals surface area contributed by atoms with Crippen molar-refractivity contribution in [2.45, 2.75) is 11.4 Å². The van der Waals surface area contributed by atoms with Crippen LogP contribution >= 0.6 is 11.8 Å². The van der Waals surface area contributed by atoms with Crippen LogP contribution in [0.5, 0.6) is 0 Å². The van der Waals surface area contributed by atoms with Crippen LogP contribution in [0.2, 0.25) is 0 Å². The molecule has 0 amide bonds. The SMILES string of the molecule is CN1CCN(CCSc2ccc(CN)cc2)CC1. The van der Waals surface area contributed by atoms with Gasteiger partial charge in [0.25, 0.3) is 0 Å². The highest BCUT2D eigenvalue weighted by atomic mass is 32.2. The van der Waals surface area contributed by atoms with Crippen molar-refractivity contribution in [2.75, 3.05) is 45.5 Å². The smallest absolute Gasteiger partial charge is 0.0178 e. The third-order valence-corrected chi connectivity index (χ3v) is 4.42. The maximum absolute atomic E-state index is 5.59. The minimum Gasteiger partial charge on any atom is -0.326 e. The molecule has 1 heterocycles. The van der Waals surface area contributed by atoms with Gasteiger partial charge in [0.2, 0.25) is 0 Å². The molecule has 0 bridgehead atoms. The quantitative estimate of drug-likeness (QED) is 0.818. The fourth-order valence-corrected chi connectivity index (χ4v) is 3.00. The molecule has 1 saturated heterocycles. The third kappa shape index (κ3) is 4.28. The van der Waals surface area contributed by atoms with E-state index in [1.165, 1.54) is 48.9 Å². The van der Waals surface area contributed by atoms with E-state index < -0.39 is 0 Å². The standard InChI is InChI=1S/C14H23N3S/c1-16-6-8-17(9-7-16)10-11-18-14-4-2-13(12-15)3-5-14/h2-5H,6-12,15H2,1H3. The second-order valence-corrected chi connectivity index (χ2v) is 6.01. The van der Waals surface area contributed by atoms with Gasteiger partial charge in [0, 0.05) is 49.9 Å². The maximum Gasteiger partial charge on any atom is 0.0178 e. The van der Waals surface area contributed by atoms with Gasteiger partial charge in [-0.3, -0.25) is 4.90 Å². The lowest BCUT2D eigenvalue weighted by atomic mass is 10.2. The summed E-state index contributed by atoms with van der Waals surface area (Å²) in [7, 11) is 2.20. The summed E-state index contributed by atoms with van der Waals surface area (Å²) in [5, 5.41) is 0. The van der Waals surface area contributed by atoms with E-state index in [2.05, 4.69) is 41.1 Å². The average molecular weight is 265 g/mol. The lowest BCUT2D eigenvalue weighted by Crippen LogP contribution is -2.45. The molecule has 0 spiro atoms. The van der Waals surface area contributed by atoms with Crippen molar-refractivity contribution >= 4 is 11.8 Å². The number of piperazine rings is 1. The van der Waals surface area contributed by atoms with E-state index in [-0.39, 0.29) is 0 Å². The predicted octanol–water partition coefficient (Wildman–Crippen LogP) is 1.48. The van der Waals surface area contributed by atoms with Crippen LogP contribution in [0.4, 0.5) is 0 Å². The summed E-state index contributed by atoms with van der Waals surface area (Å²) in [6.07, 6.45) is 0. The molecule has 2 rings (SSSR count). The van der Waals surface area contributed by atoms with Gasteiger partial charge in [-0.1, -0.05) is 12.1 Å². The minimum absolute atomic E-state index is 0.631. The Morgan fingerprint density at radius 2 is 1.78 bits per heavy atom. The fraction of sp³-hybridized carbons (Fsp3) is 0.571. The molecule has 1 aliphatic rings. The normalized spacial score (nSPS) is 18.1. The van der Waals surface area contributed by atoms with E-state index >= 15 is 0 Å². The summed E-state index contributed by atoms with van der Waals surface area (Å²) in [6, 6.07) is 8.60. The molecule has 3 nitrogen and oxygen atoms in total. The highest BCUT2D eigenvalue weighted by Crippen LogP contribution is 2.18. The summed E-state index contributed by atoms with van der Waals surface area (Å²) >= 11 is 1.94. The molecule has 0 unspecified atom stereocenters. The lowest BCUT2D eigenvalue weighted by molar-refractivity contribution is 0.161. The molecule has 1 fully saturated rings. The van der Waals surface area contributed by atoms with E-state index in [9.17, 15) is 0 Å². The topological polar surface area (TPSA) is 32.5 Å². The summed E-state index contributed by atoms with van der Waals surface area (Å²) in [4.78, 5) is 6.30. The van der Waals surface area contributed by atoms with Crippen molar-refractivity contribution in [1.29, 1.82) is 0 Å². The van der Waals surface area contributed by atoms with E-state index in [0.29, 0.717) is 6.54 Å². The number of hydrogen-bond donors (Lipinski definition) is 1. The van der Waals surface area contributed by atoms with E-state index in [1.807, 2.05) is 11.8 Å². The van der Waals surface area contributed by atoms with Crippen molar-refractivity contribution in [1.82, 2.24) is 9.80 Å². The van der Waals surface area contributed by atoms with Crippen LogP contribution in [0.3, 0.4) is 0 Å².